The summed E-state index contributed by atoms with van der Waals surface area (Å²) >= 11 is 1.32. The Hall–Kier alpha value is -2.50. The number of benzene rings is 1. The van der Waals surface area contributed by atoms with Crippen molar-refractivity contribution < 1.29 is 13.3 Å². The normalized spacial score (nSPS) is 12.0. The SMILES string of the molecule is CC(C)NS(=O)(=O)Cc1ccc(CNc2nc3sccn3c2[N+](=O)[O-])cc1. The third-order valence-corrected chi connectivity index (χ3v) is 5.97. The molecule has 0 aliphatic heterocycles. The molecule has 3 aromatic rings. The molecule has 2 aromatic heterocycles. The topological polar surface area (TPSA) is 119 Å². The van der Waals surface area contributed by atoms with Gasteiger partial charge in [0.1, 0.15) is 6.20 Å². The van der Waals surface area contributed by atoms with E-state index in [-0.39, 0.29) is 23.4 Å². The number of imidazole rings is 1. The van der Waals surface area contributed by atoms with Crippen molar-refractivity contribution in [2.24, 2.45) is 0 Å². The minimum atomic E-state index is -3.38. The molecule has 2 heterocycles. The van der Waals surface area contributed by atoms with Crippen LogP contribution in [0.5, 0.6) is 0 Å². The molecule has 0 spiro atoms. The van der Waals surface area contributed by atoms with Gasteiger partial charge in [0.05, 0.1) is 5.75 Å². The lowest BCUT2D eigenvalue weighted by Crippen LogP contribution is -2.31. The van der Waals surface area contributed by atoms with E-state index in [1.165, 1.54) is 15.7 Å². The molecule has 0 bridgehead atoms. The molecule has 0 saturated carbocycles. The number of hydrogen-bond acceptors (Lipinski definition) is 7. The Bertz CT molecular complexity index is 1050. The van der Waals surface area contributed by atoms with E-state index in [1.54, 1.807) is 49.7 Å². The van der Waals surface area contributed by atoms with Crippen LogP contribution in [0.15, 0.2) is 35.8 Å². The molecule has 0 unspecified atom stereocenters. The molecule has 9 nitrogen and oxygen atoms in total. The molecule has 1 aromatic carbocycles. The third kappa shape index (κ3) is 4.62. The fourth-order valence-corrected chi connectivity index (χ4v) is 4.77. The molecule has 144 valence electrons. The Morgan fingerprint density at radius 3 is 2.56 bits per heavy atom. The number of fused-ring (bicyclic) bond motifs is 1. The summed E-state index contributed by atoms with van der Waals surface area (Å²) in [7, 11) is -3.38. The van der Waals surface area contributed by atoms with Crippen molar-refractivity contribution in [3.8, 4) is 0 Å². The Balaban J connectivity index is 1.68. The Kier molecular flexibility index (Phi) is 5.44. The predicted octanol–water partition coefficient (Wildman–Crippen LogP) is 2.74. The van der Waals surface area contributed by atoms with Gasteiger partial charge in [-0.2, -0.15) is 9.38 Å². The first-order valence-corrected chi connectivity index (χ1v) is 10.7. The number of nitrogens with one attached hydrogen (secondary N) is 2. The van der Waals surface area contributed by atoms with Crippen LogP contribution < -0.4 is 10.0 Å². The fraction of sp³-hybridized carbons (Fsp3) is 0.312. The van der Waals surface area contributed by atoms with Gasteiger partial charge in [-0.25, -0.2) is 13.1 Å². The van der Waals surface area contributed by atoms with Gasteiger partial charge in [-0.05, 0) is 29.9 Å². The summed E-state index contributed by atoms with van der Waals surface area (Å²) in [5.41, 5.74) is 1.53. The van der Waals surface area contributed by atoms with Crippen molar-refractivity contribution in [2.75, 3.05) is 5.32 Å². The van der Waals surface area contributed by atoms with Crippen LogP contribution in [0, 0.1) is 10.1 Å². The number of anilines is 1. The number of rotatable bonds is 8. The third-order valence-electron chi connectivity index (χ3n) is 3.66. The van der Waals surface area contributed by atoms with Crippen molar-refractivity contribution in [1.82, 2.24) is 14.1 Å². The van der Waals surface area contributed by atoms with E-state index >= 15 is 0 Å². The van der Waals surface area contributed by atoms with E-state index in [0.717, 1.165) is 5.56 Å². The molecule has 0 atom stereocenters. The van der Waals surface area contributed by atoms with Crippen molar-refractivity contribution in [3.63, 3.8) is 0 Å². The van der Waals surface area contributed by atoms with Crippen LogP contribution in [0.4, 0.5) is 11.6 Å². The van der Waals surface area contributed by atoms with Gasteiger partial charge < -0.3 is 15.4 Å². The number of aromatic nitrogens is 2. The van der Waals surface area contributed by atoms with E-state index in [0.29, 0.717) is 17.1 Å². The van der Waals surface area contributed by atoms with Gasteiger partial charge in [0.2, 0.25) is 15.8 Å². The van der Waals surface area contributed by atoms with E-state index in [9.17, 15) is 18.5 Å². The average molecular weight is 409 g/mol. The highest BCUT2D eigenvalue weighted by Crippen LogP contribution is 2.28. The lowest BCUT2D eigenvalue weighted by molar-refractivity contribution is -0.389. The number of nitro groups is 1. The summed E-state index contributed by atoms with van der Waals surface area (Å²) in [5.74, 6) is 0.00941. The summed E-state index contributed by atoms with van der Waals surface area (Å²) in [6.45, 7) is 3.88. The maximum atomic E-state index is 12.0. The summed E-state index contributed by atoms with van der Waals surface area (Å²) < 4.78 is 27.9. The molecular formula is C16H19N5O4S2. The molecule has 2 N–H and O–H groups in total. The van der Waals surface area contributed by atoms with Gasteiger partial charge in [-0.1, -0.05) is 35.6 Å². The second kappa shape index (κ2) is 7.62. The number of hydrogen-bond donors (Lipinski definition) is 2. The van der Waals surface area contributed by atoms with E-state index < -0.39 is 14.9 Å². The highest BCUT2D eigenvalue weighted by Gasteiger charge is 2.23. The van der Waals surface area contributed by atoms with E-state index in [1.807, 2.05) is 0 Å². The highest BCUT2D eigenvalue weighted by molar-refractivity contribution is 7.88. The standard InChI is InChI=1S/C16H19N5O4S2/c1-11(2)19-27(24,25)10-13-5-3-12(4-6-13)9-17-14-15(21(22)23)20-7-8-26-16(20)18-14/h3-8,11,17,19H,9-10H2,1-2H3. The molecule has 3 rings (SSSR count). The minimum Gasteiger partial charge on any atom is -0.359 e. The van der Waals surface area contributed by atoms with Crippen molar-refractivity contribution in [1.29, 1.82) is 0 Å². The highest BCUT2D eigenvalue weighted by atomic mass is 32.2. The van der Waals surface area contributed by atoms with Gasteiger partial charge in [0.25, 0.3) is 4.96 Å². The van der Waals surface area contributed by atoms with Crippen molar-refractivity contribution >= 4 is 38.0 Å². The second-order valence-corrected chi connectivity index (χ2v) is 8.93. The predicted molar refractivity (Wildman–Crippen MR) is 104 cm³/mol. The Morgan fingerprint density at radius 1 is 1.26 bits per heavy atom. The average Bonchev–Trinajstić information content (AvgIpc) is 3.12. The van der Waals surface area contributed by atoms with Crippen LogP contribution in [0.3, 0.4) is 0 Å². The van der Waals surface area contributed by atoms with Crippen LogP contribution in [-0.4, -0.2) is 28.8 Å². The summed E-state index contributed by atoms with van der Waals surface area (Å²) in [5, 5.41) is 16.0. The Labute approximate surface area is 160 Å². The maximum absolute atomic E-state index is 12.0. The monoisotopic (exact) mass is 409 g/mol. The molecule has 0 amide bonds. The smallest absolute Gasteiger partial charge is 0.359 e. The second-order valence-electron chi connectivity index (χ2n) is 6.30. The number of nitrogens with zero attached hydrogens (tertiary/aromatic N) is 3. The zero-order valence-electron chi connectivity index (χ0n) is 14.7. The first kappa shape index (κ1) is 19.3. The lowest BCUT2D eigenvalue weighted by atomic mass is 10.1. The maximum Gasteiger partial charge on any atom is 0.372 e. The van der Waals surface area contributed by atoms with Crippen LogP contribution in [-0.2, 0) is 22.3 Å². The molecule has 0 aliphatic rings. The quantitative estimate of drug-likeness (QED) is 0.436. The van der Waals surface area contributed by atoms with Crippen molar-refractivity contribution in [3.05, 3.63) is 57.1 Å². The van der Waals surface area contributed by atoms with Gasteiger partial charge in [-0.3, -0.25) is 0 Å². The zero-order valence-corrected chi connectivity index (χ0v) is 16.4. The molecule has 11 heteroatoms. The first-order valence-electron chi connectivity index (χ1n) is 8.17. The largest absolute Gasteiger partial charge is 0.372 e. The van der Waals surface area contributed by atoms with Gasteiger partial charge in [0.15, 0.2) is 0 Å². The van der Waals surface area contributed by atoms with Crippen LogP contribution in [0.2, 0.25) is 0 Å². The van der Waals surface area contributed by atoms with Crippen LogP contribution in [0.1, 0.15) is 25.0 Å². The first-order chi connectivity index (χ1) is 12.7. The molecule has 0 aliphatic carbocycles. The van der Waals surface area contributed by atoms with Crippen LogP contribution >= 0.6 is 11.3 Å². The molecule has 0 radical (unpaired) electrons. The number of thiazole rings is 1. The van der Waals surface area contributed by atoms with Gasteiger partial charge in [0, 0.05) is 18.0 Å². The minimum absolute atomic E-state index is 0.0956. The van der Waals surface area contributed by atoms with Crippen LogP contribution in [0.25, 0.3) is 4.96 Å². The molecule has 27 heavy (non-hydrogen) atoms. The lowest BCUT2D eigenvalue weighted by Gasteiger charge is -2.10. The van der Waals surface area contributed by atoms with Crippen molar-refractivity contribution in [2.45, 2.75) is 32.2 Å². The molecule has 0 saturated heterocycles. The molecule has 0 fully saturated rings. The number of sulfonamides is 1. The zero-order chi connectivity index (χ0) is 19.6. The van der Waals surface area contributed by atoms with Gasteiger partial charge in [-0.15, -0.1) is 0 Å². The summed E-state index contributed by atoms with van der Waals surface area (Å²) in [6.07, 6.45) is 1.61. The summed E-state index contributed by atoms with van der Waals surface area (Å²) in [6, 6.07) is 6.89. The Morgan fingerprint density at radius 2 is 1.93 bits per heavy atom. The molecular weight excluding hydrogens is 390 g/mol. The van der Waals surface area contributed by atoms with E-state index in [2.05, 4.69) is 15.0 Å². The van der Waals surface area contributed by atoms with E-state index in [4.69, 9.17) is 0 Å². The summed E-state index contributed by atoms with van der Waals surface area (Å²) in [4.78, 5) is 15.6. The van der Waals surface area contributed by atoms with Gasteiger partial charge >= 0.3 is 5.82 Å². The fourth-order valence-electron chi connectivity index (χ4n) is 2.63.